The van der Waals surface area contributed by atoms with Crippen LogP contribution in [0, 0.1) is 27.0 Å². The molecule has 0 saturated heterocycles. The molecule has 0 aromatic heterocycles. The van der Waals surface area contributed by atoms with Crippen LogP contribution in [-0.4, -0.2) is 3.21 Å². The average Bonchev–Trinajstić information content (AvgIpc) is 3.61. The molecule has 2 aliphatic rings. The maximum absolute atomic E-state index is 3.30. The normalized spacial score (nSPS) is 11.6. The van der Waals surface area contributed by atoms with Crippen molar-refractivity contribution in [3.05, 3.63) is 170 Å². The SMILES string of the molecule is CCCCC1=CC[C-]=C1.[CH3-].[CH3-].[Zr]=[C](c1ccccc1)c1ccccc1.[c-]1cccc2c1Cc1ccccc1-2. The molecule has 0 atom stereocenters. The molecule has 0 fully saturated rings. The predicted octanol–water partition coefficient (Wildman–Crippen LogP) is 9.63. The summed E-state index contributed by atoms with van der Waals surface area (Å²) in [5, 5.41) is 0. The fraction of sp³-hybridized carbons (Fsp3) is 0.162. The molecule has 6 rings (SSSR count). The smallest absolute Gasteiger partial charge is 0.0253 e. The number of hydrogen-bond donors (Lipinski definition) is 0. The van der Waals surface area contributed by atoms with Gasteiger partial charge in [-0.25, -0.2) is 11.6 Å². The zero-order valence-electron chi connectivity index (χ0n) is 23.0. The topological polar surface area (TPSA) is 0 Å². The van der Waals surface area contributed by atoms with Crippen LogP contribution >= 0.6 is 0 Å². The van der Waals surface area contributed by atoms with Gasteiger partial charge in [0.15, 0.2) is 0 Å². The van der Waals surface area contributed by atoms with Crippen LogP contribution in [0.5, 0.6) is 0 Å². The Morgan fingerprint density at radius 3 is 1.97 bits per heavy atom. The van der Waals surface area contributed by atoms with Crippen LogP contribution in [0.1, 0.15) is 54.9 Å². The van der Waals surface area contributed by atoms with Gasteiger partial charge < -0.3 is 14.9 Å². The van der Waals surface area contributed by atoms with Crippen LogP contribution in [-0.2, 0) is 30.7 Å². The Morgan fingerprint density at radius 1 is 0.763 bits per heavy atom. The van der Waals surface area contributed by atoms with Crippen LogP contribution in [0.25, 0.3) is 11.1 Å². The van der Waals surface area contributed by atoms with E-state index >= 15 is 0 Å². The van der Waals surface area contributed by atoms with Crippen LogP contribution in [0.15, 0.2) is 121 Å². The zero-order valence-corrected chi connectivity index (χ0v) is 25.5. The second-order valence-electron chi connectivity index (χ2n) is 8.94. The summed E-state index contributed by atoms with van der Waals surface area (Å²) in [6, 6.07) is 39.2. The molecule has 0 N–H and O–H groups in total. The summed E-state index contributed by atoms with van der Waals surface area (Å²) >= 11 is 1.46. The van der Waals surface area contributed by atoms with Crippen LogP contribution in [0.3, 0.4) is 0 Å². The third-order valence-electron chi connectivity index (χ3n) is 6.33. The van der Waals surface area contributed by atoms with Crippen molar-refractivity contribution in [1.82, 2.24) is 0 Å². The number of unbranched alkanes of at least 4 members (excludes halogenated alkanes) is 1. The quantitative estimate of drug-likeness (QED) is 0.184. The molecule has 0 unspecified atom stereocenters. The Hall–Kier alpha value is -2.89. The van der Waals surface area contributed by atoms with E-state index in [0.717, 1.165) is 12.8 Å². The fourth-order valence-corrected chi connectivity index (χ4v) is 5.19. The van der Waals surface area contributed by atoms with Crippen molar-refractivity contribution in [2.75, 3.05) is 0 Å². The molecule has 0 heterocycles. The van der Waals surface area contributed by atoms with E-state index in [1.807, 2.05) is 6.07 Å². The Bertz CT molecular complexity index is 1230. The minimum absolute atomic E-state index is 0. The minimum Gasteiger partial charge on any atom is -0.179 e. The first-order chi connectivity index (χ1) is 17.8. The van der Waals surface area contributed by atoms with Crippen LogP contribution in [0.2, 0.25) is 0 Å². The Balaban J connectivity index is 0.000000200. The van der Waals surface area contributed by atoms with E-state index in [4.69, 9.17) is 0 Å². The molecular formula is C37H38Zr-4. The molecule has 0 nitrogen and oxygen atoms in total. The van der Waals surface area contributed by atoms with Gasteiger partial charge in [0.05, 0.1) is 0 Å². The predicted molar refractivity (Wildman–Crippen MR) is 162 cm³/mol. The summed E-state index contributed by atoms with van der Waals surface area (Å²) in [7, 11) is 0. The summed E-state index contributed by atoms with van der Waals surface area (Å²) in [6.07, 6.45) is 13.5. The summed E-state index contributed by atoms with van der Waals surface area (Å²) in [5.41, 5.74) is 9.65. The van der Waals surface area contributed by atoms with Gasteiger partial charge in [-0.05, 0) is 6.42 Å². The molecule has 2 aliphatic carbocycles. The third-order valence-corrected chi connectivity index (χ3v) is 7.75. The van der Waals surface area contributed by atoms with Gasteiger partial charge >= 0.3 is 99.2 Å². The number of fused-ring (bicyclic) bond motifs is 3. The fourth-order valence-electron chi connectivity index (χ4n) is 4.37. The maximum atomic E-state index is 3.30. The van der Waals surface area contributed by atoms with Crippen molar-refractivity contribution < 1.29 is 24.2 Å². The molecule has 0 bridgehead atoms. The van der Waals surface area contributed by atoms with Gasteiger partial charge in [-0.1, -0.05) is 61.6 Å². The van der Waals surface area contributed by atoms with E-state index in [1.54, 1.807) is 0 Å². The minimum atomic E-state index is 0. The standard InChI is InChI=1S/C13H9.C13H10.C9H13.2CH3.Zr/c1-3-7-12-10(5-1)9-11-6-2-4-8-13(11)12;1-3-7-12(8-4-1)11-13-9-5-2-6-10-13;1-2-3-6-9-7-4-5-8-9;;;/h1-5,7-8H,9H2;1-10H;7-8H,2-4,6H2,1H3;2*1H3;/q-1;;3*-1;. The van der Waals surface area contributed by atoms with Crippen molar-refractivity contribution in [2.24, 2.45) is 0 Å². The van der Waals surface area contributed by atoms with E-state index in [0.29, 0.717) is 0 Å². The van der Waals surface area contributed by atoms with E-state index < -0.39 is 0 Å². The van der Waals surface area contributed by atoms with Gasteiger partial charge in [0.2, 0.25) is 0 Å². The van der Waals surface area contributed by atoms with Gasteiger partial charge in [0, 0.05) is 0 Å². The molecule has 38 heavy (non-hydrogen) atoms. The molecule has 1 heteroatoms. The van der Waals surface area contributed by atoms with Gasteiger partial charge in [0.1, 0.15) is 0 Å². The second kappa shape index (κ2) is 16.9. The summed E-state index contributed by atoms with van der Waals surface area (Å²) in [4.78, 5) is 0. The van der Waals surface area contributed by atoms with Crippen molar-refractivity contribution in [1.29, 1.82) is 0 Å². The van der Waals surface area contributed by atoms with Gasteiger partial charge in [0.25, 0.3) is 0 Å². The third kappa shape index (κ3) is 8.85. The summed E-state index contributed by atoms with van der Waals surface area (Å²) in [6.45, 7) is 2.23. The Morgan fingerprint density at radius 2 is 1.37 bits per heavy atom. The van der Waals surface area contributed by atoms with Crippen molar-refractivity contribution in [3.8, 4) is 11.1 Å². The molecule has 194 valence electrons. The zero-order chi connectivity index (χ0) is 25.0. The van der Waals surface area contributed by atoms with E-state index in [1.165, 1.54) is 85.7 Å². The molecule has 0 spiro atoms. The van der Waals surface area contributed by atoms with Crippen molar-refractivity contribution in [3.63, 3.8) is 0 Å². The van der Waals surface area contributed by atoms with Crippen LogP contribution < -0.4 is 0 Å². The summed E-state index contributed by atoms with van der Waals surface area (Å²) < 4.78 is 1.42. The Labute approximate surface area is 246 Å². The van der Waals surface area contributed by atoms with Crippen molar-refractivity contribution >= 4 is 3.21 Å². The second-order valence-corrected chi connectivity index (χ2v) is 10.2. The maximum Gasteiger partial charge on any atom is -0.0253 e. The molecular weight excluding hydrogens is 536 g/mol. The average molecular weight is 574 g/mol. The van der Waals surface area contributed by atoms with E-state index in [2.05, 4.69) is 128 Å². The first kappa shape index (κ1) is 31.3. The summed E-state index contributed by atoms with van der Waals surface area (Å²) in [5.74, 6) is 0. The number of hydrogen-bond acceptors (Lipinski definition) is 0. The Kier molecular flexibility index (Phi) is 13.9. The number of benzene rings is 4. The largest absolute Gasteiger partial charge is 0.179 e. The first-order valence-electron chi connectivity index (χ1n) is 12.8. The number of rotatable bonds is 5. The van der Waals surface area contributed by atoms with Gasteiger partial charge in [-0.15, -0.1) is 12.0 Å². The van der Waals surface area contributed by atoms with Gasteiger partial charge in [-0.2, -0.15) is 35.9 Å². The van der Waals surface area contributed by atoms with Gasteiger partial charge in [-0.3, -0.25) is 6.08 Å². The van der Waals surface area contributed by atoms with Crippen LogP contribution in [0.4, 0.5) is 0 Å². The molecule has 0 amide bonds. The molecule has 0 radical (unpaired) electrons. The molecule has 4 aromatic rings. The molecule has 4 aromatic carbocycles. The van der Waals surface area contributed by atoms with E-state index in [-0.39, 0.29) is 14.9 Å². The monoisotopic (exact) mass is 572 g/mol. The first-order valence-corrected chi connectivity index (χ1v) is 14.0. The molecule has 0 saturated carbocycles. The van der Waals surface area contributed by atoms with Crippen molar-refractivity contribution in [2.45, 2.75) is 39.0 Å². The molecule has 0 aliphatic heterocycles. The van der Waals surface area contributed by atoms with E-state index in [9.17, 15) is 0 Å². The number of allylic oxidation sites excluding steroid dienone is 4.